The van der Waals surface area contributed by atoms with Crippen molar-refractivity contribution in [1.82, 2.24) is 10.6 Å². The molecule has 0 atom stereocenters. The van der Waals surface area contributed by atoms with E-state index < -0.39 is 9.84 Å². The van der Waals surface area contributed by atoms with Crippen LogP contribution < -0.4 is 10.6 Å². The van der Waals surface area contributed by atoms with Gasteiger partial charge in [-0.2, -0.15) is 0 Å². The number of hydrogen-bond donors (Lipinski definition) is 2. The number of sulfone groups is 1. The Labute approximate surface area is 170 Å². The zero-order chi connectivity index (χ0) is 18.4. The van der Waals surface area contributed by atoms with Crippen molar-refractivity contribution >= 4 is 39.8 Å². The monoisotopic (exact) mass is 481 g/mol. The van der Waals surface area contributed by atoms with Crippen molar-refractivity contribution < 1.29 is 8.42 Å². The Bertz CT molecular complexity index is 648. The molecule has 0 aliphatic heterocycles. The summed E-state index contributed by atoms with van der Waals surface area (Å²) in [6.45, 7) is 11.6. The highest BCUT2D eigenvalue weighted by molar-refractivity contribution is 14.0. The van der Waals surface area contributed by atoms with Gasteiger partial charge < -0.3 is 10.6 Å². The van der Waals surface area contributed by atoms with Crippen LogP contribution in [0.1, 0.15) is 40.2 Å². The average molecular weight is 481 g/mol. The van der Waals surface area contributed by atoms with Crippen molar-refractivity contribution in [1.29, 1.82) is 0 Å². The second kappa shape index (κ2) is 10.4. The van der Waals surface area contributed by atoms with E-state index in [2.05, 4.69) is 50.2 Å². The molecule has 0 aliphatic carbocycles. The molecule has 0 saturated carbocycles. The van der Waals surface area contributed by atoms with Crippen LogP contribution in [0, 0.1) is 5.92 Å². The van der Waals surface area contributed by atoms with Gasteiger partial charge in [0, 0.05) is 20.1 Å². The number of hydrogen-bond acceptors (Lipinski definition) is 3. The van der Waals surface area contributed by atoms with Crippen molar-refractivity contribution in [3.8, 4) is 0 Å². The third-order valence-corrected chi connectivity index (χ3v) is 5.38. The fourth-order valence-electron chi connectivity index (χ4n) is 2.11. The number of aliphatic imine (C=N–C) groups is 1. The maximum Gasteiger partial charge on any atom is 0.191 e. The van der Waals surface area contributed by atoms with Crippen LogP contribution in [0.5, 0.6) is 0 Å². The molecule has 144 valence electrons. The lowest BCUT2D eigenvalue weighted by Crippen LogP contribution is -2.41. The molecule has 0 bridgehead atoms. The number of rotatable bonds is 6. The lowest BCUT2D eigenvalue weighted by atomic mass is 9.87. The van der Waals surface area contributed by atoms with Crippen LogP contribution in [0.4, 0.5) is 0 Å². The zero-order valence-electron chi connectivity index (χ0n) is 16.1. The molecule has 7 heteroatoms. The lowest BCUT2D eigenvalue weighted by Gasteiger charge is -2.19. The molecule has 0 heterocycles. The van der Waals surface area contributed by atoms with Gasteiger partial charge >= 0.3 is 0 Å². The summed E-state index contributed by atoms with van der Waals surface area (Å²) in [4.78, 5) is 4.45. The second-order valence-electron chi connectivity index (χ2n) is 7.37. The number of benzene rings is 1. The summed E-state index contributed by atoms with van der Waals surface area (Å²) >= 11 is 0. The predicted octanol–water partition coefficient (Wildman–Crippen LogP) is 3.20. The average Bonchev–Trinajstić information content (AvgIpc) is 2.49. The van der Waals surface area contributed by atoms with Crippen LogP contribution in [0.2, 0.25) is 0 Å². The summed E-state index contributed by atoms with van der Waals surface area (Å²) in [5, 5.41) is 6.21. The first-order valence-electron chi connectivity index (χ1n) is 8.34. The Kier molecular flexibility index (Phi) is 10.0. The Morgan fingerprint density at radius 1 is 1.12 bits per heavy atom. The molecule has 0 unspecified atom stereocenters. The maximum absolute atomic E-state index is 12.4. The van der Waals surface area contributed by atoms with Gasteiger partial charge in [-0.15, -0.1) is 24.0 Å². The van der Waals surface area contributed by atoms with E-state index in [1.54, 1.807) is 19.2 Å². The SMILES string of the molecule is CN=C(NCCS(=O)(=O)c1ccc(C(C)(C)C)cc1)NCC(C)C.I. The van der Waals surface area contributed by atoms with Crippen LogP contribution in [0.15, 0.2) is 34.2 Å². The van der Waals surface area contributed by atoms with Crippen LogP contribution in [0.25, 0.3) is 0 Å². The van der Waals surface area contributed by atoms with E-state index in [1.807, 2.05) is 12.1 Å². The van der Waals surface area contributed by atoms with Crippen LogP contribution in [-0.4, -0.2) is 40.3 Å². The van der Waals surface area contributed by atoms with E-state index in [1.165, 1.54) is 0 Å². The molecular formula is C18H32IN3O2S. The quantitative estimate of drug-likeness (QED) is 0.372. The molecule has 1 rings (SSSR count). The van der Waals surface area contributed by atoms with Gasteiger partial charge in [-0.1, -0.05) is 46.8 Å². The molecular weight excluding hydrogens is 449 g/mol. The minimum Gasteiger partial charge on any atom is -0.356 e. The zero-order valence-corrected chi connectivity index (χ0v) is 19.2. The summed E-state index contributed by atoms with van der Waals surface area (Å²) in [5.41, 5.74) is 1.14. The highest BCUT2D eigenvalue weighted by Crippen LogP contribution is 2.23. The van der Waals surface area contributed by atoms with Gasteiger partial charge in [-0.05, 0) is 29.0 Å². The van der Waals surface area contributed by atoms with Crippen molar-refractivity contribution in [3.63, 3.8) is 0 Å². The first kappa shape index (κ1) is 24.2. The number of guanidine groups is 1. The van der Waals surface area contributed by atoms with Gasteiger partial charge in [0.05, 0.1) is 10.6 Å². The third-order valence-electron chi connectivity index (χ3n) is 3.64. The molecule has 0 aliphatic rings. The molecule has 2 N–H and O–H groups in total. The molecule has 1 aromatic carbocycles. The number of halogens is 1. The summed E-state index contributed by atoms with van der Waals surface area (Å²) in [5.74, 6) is 1.15. The second-order valence-corrected chi connectivity index (χ2v) is 9.48. The summed E-state index contributed by atoms with van der Waals surface area (Å²) in [6, 6.07) is 7.18. The summed E-state index contributed by atoms with van der Waals surface area (Å²) in [7, 11) is -1.63. The lowest BCUT2D eigenvalue weighted by molar-refractivity contribution is 0.585. The van der Waals surface area contributed by atoms with Crippen molar-refractivity contribution in [2.75, 3.05) is 25.9 Å². The van der Waals surface area contributed by atoms with Crippen molar-refractivity contribution in [2.45, 2.75) is 44.9 Å². The van der Waals surface area contributed by atoms with E-state index >= 15 is 0 Å². The molecule has 0 amide bonds. The van der Waals surface area contributed by atoms with Gasteiger partial charge in [0.2, 0.25) is 0 Å². The van der Waals surface area contributed by atoms with E-state index in [0.717, 1.165) is 12.1 Å². The molecule has 0 aromatic heterocycles. The molecule has 5 nitrogen and oxygen atoms in total. The highest BCUT2D eigenvalue weighted by atomic mass is 127. The standard InChI is InChI=1S/C18H31N3O2S.HI/c1-14(2)13-21-17(19-6)20-11-12-24(22,23)16-9-7-15(8-10-16)18(3,4)5;/h7-10,14H,11-13H2,1-6H3,(H2,19,20,21);1H. The summed E-state index contributed by atoms with van der Waals surface area (Å²) < 4.78 is 24.9. The third kappa shape index (κ3) is 8.40. The number of nitrogens with one attached hydrogen (secondary N) is 2. The Morgan fingerprint density at radius 3 is 2.12 bits per heavy atom. The van der Waals surface area contributed by atoms with Crippen molar-refractivity contribution in [2.24, 2.45) is 10.9 Å². The topological polar surface area (TPSA) is 70.6 Å². The maximum atomic E-state index is 12.4. The van der Waals surface area contributed by atoms with Gasteiger partial charge in [-0.3, -0.25) is 4.99 Å². The molecule has 0 radical (unpaired) electrons. The van der Waals surface area contributed by atoms with Crippen LogP contribution >= 0.6 is 24.0 Å². The smallest absolute Gasteiger partial charge is 0.191 e. The van der Waals surface area contributed by atoms with Gasteiger partial charge in [0.15, 0.2) is 15.8 Å². The van der Waals surface area contributed by atoms with Gasteiger partial charge in [0.1, 0.15) is 0 Å². The van der Waals surface area contributed by atoms with Crippen LogP contribution in [-0.2, 0) is 15.3 Å². The molecule has 0 fully saturated rings. The minimum absolute atomic E-state index is 0. The number of nitrogens with zero attached hydrogens (tertiary/aromatic N) is 1. The Hall–Kier alpha value is -0.830. The molecule has 1 aromatic rings. The first-order valence-corrected chi connectivity index (χ1v) is 9.99. The molecule has 0 spiro atoms. The van der Waals surface area contributed by atoms with Gasteiger partial charge in [0.25, 0.3) is 0 Å². The first-order chi connectivity index (χ1) is 11.1. The minimum atomic E-state index is -3.30. The fraction of sp³-hybridized carbons (Fsp3) is 0.611. The van der Waals surface area contributed by atoms with E-state index in [0.29, 0.717) is 23.3 Å². The normalized spacial score (nSPS) is 12.7. The fourth-order valence-corrected chi connectivity index (χ4v) is 3.26. The predicted molar refractivity (Wildman–Crippen MR) is 117 cm³/mol. The molecule has 25 heavy (non-hydrogen) atoms. The largest absolute Gasteiger partial charge is 0.356 e. The van der Waals surface area contributed by atoms with Crippen molar-refractivity contribution in [3.05, 3.63) is 29.8 Å². The van der Waals surface area contributed by atoms with Crippen LogP contribution in [0.3, 0.4) is 0 Å². The van der Waals surface area contributed by atoms with E-state index in [-0.39, 0.29) is 35.1 Å². The molecule has 0 saturated heterocycles. The Balaban J connectivity index is 0.00000576. The highest BCUT2D eigenvalue weighted by Gasteiger charge is 2.17. The summed E-state index contributed by atoms with van der Waals surface area (Å²) in [6.07, 6.45) is 0. The van der Waals surface area contributed by atoms with E-state index in [9.17, 15) is 8.42 Å². The van der Waals surface area contributed by atoms with Gasteiger partial charge in [-0.25, -0.2) is 8.42 Å². The Morgan fingerprint density at radius 2 is 1.68 bits per heavy atom. The van der Waals surface area contributed by atoms with E-state index in [4.69, 9.17) is 0 Å².